The smallest absolute Gasteiger partial charge is 0.127 e. The number of aryl methyl sites for hydroxylation is 1. The lowest BCUT2D eigenvalue weighted by Gasteiger charge is -2.08. The van der Waals surface area contributed by atoms with E-state index in [0.29, 0.717) is 11.5 Å². The molecule has 15 heavy (non-hydrogen) atoms. The van der Waals surface area contributed by atoms with Gasteiger partial charge < -0.3 is 9.84 Å². The molecule has 2 nitrogen and oxygen atoms in total. The Morgan fingerprint density at radius 2 is 2.07 bits per heavy atom. The Labute approximate surface area is 89.1 Å². The van der Waals surface area contributed by atoms with E-state index in [9.17, 15) is 5.11 Å². The highest BCUT2D eigenvalue weighted by Gasteiger charge is 2.06. The normalized spacial score (nSPS) is 10.5. The number of hydrogen-bond donors (Lipinski definition) is 1. The van der Waals surface area contributed by atoms with E-state index in [1.165, 1.54) is 0 Å². The van der Waals surface area contributed by atoms with Gasteiger partial charge in [0.2, 0.25) is 0 Å². The molecule has 1 N–H and O–H groups in total. The van der Waals surface area contributed by atoms with Crippen molar-refractivity contribution in [3.8, 4) is 11.5 Å². The van der Waals surface area contributed by atoms with E-state index in [-0.39, 0.29) is 0 Å². The summed E-state index contributed by atoms with van der Waals surface area (Å²) >= 11 is 0. The highest BCUT2D eigenvalue weighted by atomic mass is 16.5. The fraction of sp³-hybridized carbons (Fsp3) is 0.231. The second kappa shape index (κ2) is 3.81. The van der Waals surface area contributed by atoms with Crippen molar-refractivity contribution in [3.05, 3.63) is 35.9 Å². The molecule has 78 valence electrons. The van der Waals surface area contributed by atoms with E-state index in [0.717, 1.165) is 22.8 Å². The van der Waals surface area contributed by atoms with Crippen LogP contribution in [0.5, 0.6) is 11.5 Å². The molecule has 0 aliphatic heterocycles. The van der Waals surface area contributed by atoms with Crippen LogP contribution in [0.2, 0.25) is 0 Å². The number of fused-ring (bicyclic) bond motifs is 1. The number of ether oxygens (including phenoxy) is 1. The largest absolute Gasteiger partial charge is 0.507 e. The minimum Gasteiger partial charge on any atom is -0.507 e. The molecule has 2 heteroatoms. The van der Waals surface area contributed by atoms with Gasteiger partial charge in [-0.1, -0.05) is 25.1 Å². The van der Waals surface area contributed by atoms with Crippen molar-refractivity contribution in [3.63, 3.8) is 0 Å². The first-order chi connectivity index (χ1) is 7.26. The second-order valence-corrected chi connectivity index (χ2v) is 3.52. The first-order valence-electron chi connectivity index (χ1n) is 5.05. The van der Waals surface area contributed by atoms with Gasteiger partial charge in [0, 0.05) is 11.5 Å². The third-order valence-electron chi connectivity index (χ3n) is 2.63. The highest BCUT2D eigenvalue weighted by molar-refractivity contribution is 5.92. The van der Waals surface area contributed by atoms with Crippen molar-refractivity contribution in [1.82, 2.24) is 0 Å². The van der Waals surface area contributed by atoms with Crippen molar-refractivity contribution >= 4 is 10.8 Å². The maximum absolute atomic E-state index is 9.92. The molecule has 0 aromatic heterocycles. The molecule has 2 aromatic carbocycles. The molecule has 2 rings (SSSR count). The predicted octanol–water partition coefficient (Wildman–Crippen LogP) is 3.12. The average molecular weight is 202 g/mol. The van der Waals surface area contributed by atoms with Gasteiger partial charge in [-0.3, -0.25) is 0 Å². The molecule has 0 aliphatic carbocycles. The summed E-state index contributed by atoms with van der Waals surface area (Å²) in [6.07, 6.45) is 0.914. The summed E-state index contributed by atoms with van der Waals surface area (Å²) in [4.78, 5) is 0. The van der Waals surface area contributed by atoms with Crippen LogP contribution in [-0.4, -0.2) is 12.2 Å². The number of methoxy groups -OCH3 is 1. The van der Waals surface area contributed by atoms with Crippen LogP contribution < -0.4 is 4.74 Å². The van der Waals surface area contributed by atoms with Crippen molar-refractivity contribution in [2.24, 2.45) is 0 Å². The fourth-order valence-electron chi connectivity index (χ4n) is 1.87. The van der Waals surface area contributed by atoms with Crippen LogP contribution in [0.25, 0.3) is 10.8 Å². The Hall–Kier alpha value is -1.70. The molecule has 0 bridgehead atoms. The summed E-state index contributed by atoms with van der Waals surface area (Å²) in [6.45, 7) is 2.08. The topological polar surface area (TPSA) is 29.5 Å². The van der Waals surface area contributed by atoms with Gasteiger partial charge in [-0.05, 0) is 23.4 Å². The standard InChI is InChI=1S/C13H14O2/c1-3-9-5-4-6-10-7-11(15-2)8-12(14)13(9)10/h4-8,14H,3H2,1-2H3. The average Bonchev–Trinajstić information content (AvgIpc) is 2.27. The lowest BCUT2D eigenvalue weighted by molar-refractivity contribution is 0.409. The van der Waals surface area contributed by atoms with E-state index in [1.807, 2.05) is 24.3 Å². The van der Waals surface area contributed by atoms with Gasteiger partial charge in [-0.25, -0.2) is 0 Å². The molecule has 0 saturated carbocycles. The molecule has 0 spiro atoms. The Morgan fingerprint density at radius 3 is 2.73 bits per heavy atom. The molecule has 0 unspecified atom stereocenters. The summed E-state index contributed by atoms with van der Waals surface area (Å²) in [5.74, 6) is 0.982. The van der Waals surface area contributed by atoms with Gasteiger partial charge in [-0.2, -0.15) is 0 Å². The number of benzene rings is 2. The Balaban J connectivity index is 2.78. The monoisotopic (exact) mass is 202 g/mol. The van der Waals surface area contributed by atoms with E-state index in [1.54, 1.807) is 13.2 Å². The predicted molar refractivity (Wildman–Crippen MR) is 61.5 cm³/mol. The van der Waals surface area contributed by atoms with Crippen LogP contribution in [0.15, 0.2) is 30.3 Å². The van der Waals surface area contributed by atoms with Crippen molar-refractivity contribution < 1.29 is 9.84 Å². The third kappa shape index (κ3) is 1.63. The van der Waals surface area contributed by atoms with Crippen LogP contribution >= 0.6 is 0 Å². The zero-order valence-corrected chi connectivity index (χ0v) is 8.95. The molecule has 0 aliphatic rings. The Morgan fingerprint density at radius 1 is 1.27 bits per heavy atom. The number of phenolic OH excluding ortho intramolecular Hbond substituents is 1. The molecule has 0 radical (unpaired) electrons. The van der Waals surface area contributed by atoms with Gasteiger partial charge in [0.1, 0.15) is 11.5 Å². The first-order valence-corrected chi connectivity index (χ1v) is 5.05. The van der Waals surface area contributed by atoms with Crippen LogP contribution in [0.4, 0.5) is 0 Å². The van der Waals surface area contributed by atoms with Gasteiger partial charge in [0.15, 0.2) is 0 Å². The molecule has 0 amide bonds. The summed E-state index contributed by atoms with van der Waals surface area (Å²) in [5, 5.41) is 11.9. The maximum atomic E-state index is 9.92. The van der Waals surface area contributed by atoms with Crippen LogP contribution in [0.3, 0.4) is 0 Å². The van der Waals surface area contributed by atoms with Crippen LogP contribution in [0, 0.1) is 0 Å². The maximum Gasteiger partial charge on any atom is 0.127 e. The Bertz CT molecular complexity index is 489. The first kappa shape index (κ1) is 9.84. The molecular weight excluding hydrogens is 188 g/mol. The molecule has 0 fully saturated rings. The number of phenols is 1. The van der Waals surface area contributed by atoms with Crippen LogP contribution in [0.1, 0.15) is 12.5 Å². The minimum absolute atomic E-state index is 0.293. The van der Waals surface area contributed by atoms with Crippen LogP contribution in [-0.2, 0) is 6.42 Å². The Kier molecular flexibility index (Phi) is 2.50. The SMILES string of the molecule is CCc1cccc2cc(OC)cc(O)c12. The fourth-order valence-corrected chi connectivity index (χ4v) is 1.87. The van der Waals surface area contributed by atoms with E-state index < -0.39 is 0 Å². The van der Waals surface area contributed by atoms with Gasteiger partial charge in [0.05, 0.1) is 7.11 Å². The highest BCUT2D eigenvalue weighted by Crippen LogP contribution is 2.32. The van der Waals surface area contributed by atoms with Gasteiger partial charge in [-0.15, -0.1) is 0 Å². The van der Waals surface area contributed by atoms with Crippen molar-refractivity contribution in [2.45, 2.75) is 13.3 Å². The van der Waals surface area contributed by atoms with E-state index in [2.05, 4.69) is 6.92 Å². The molecule has 0 heterocycles. The molecule has 0 atom stereocenters. The number of hydrogen-bond acceptors (Lipinski definition) is 2. The summed E-state index contributed by atoms with van der Waals surface area (Å²) in [7, 11) is 1.60. The van der Waals surface area contributed by atoms with Gasteiger partial charge in [0.25, 0.3) is 0 Å². The second-order valence-electron chi connectivity index (χ2n) is 3.52. The number of aromatic hydroxyl groups is 1. The number of rotatable bonds is 2. The quantitative estimate of drug-likeness (QED) is 0.810. The molecule has 2 aromatic rings. The lowest BCUT2D eigenvalue weighted by atomic mass is 10.0. The summed E-state index contributed by atoms with van der Waals surface area (Å²) in [6, 6.07) is 9.61. The van der Waals surface area contributed by atoms with Gasteiger partial charge >= 0.3 is 0 Å². The van der Waals surface area contributed by atoms with Crippen molar-refractivity contribution in [2.75, 3.05) is 7.11 Å². The molecular formula is C13H14O2. The lowest BCUT2D eigenvalue weighted by Crippen LogP contribution is -1.87. The zero-order valence-electron chi connectivity index (χ0n) is 8.95. The summed E-state index contributed by atoms with van der Waals surface area (Å²) in [5.41, 5.74) is 1.16. The zero-order chi connectivity index (χ0) is 10.8. The van der Waals surface area contributed by atoms with Crippen molar-refractivity contribution in [1.29, 1.82) is 0 Å². The van der Waals surface area contributed by atoms with E-state index >= 15 is 0 Å². The summed E-state index contributed by atoms with van der Waals surface area (Å²) < 4.78 is 5.12. The molecule has 0 saturated heterocycles. The minimum atomic E-state index is 0.293. The third-order valence-corrected chi connectivity index (χ3v) is 2.63. The van der Waals surface area contributed by atoms with E-state index in [4.69, 9.17) is 4.74 Å².